The molecule has 0 bridgehead atoms. The van der Waals surface area contributed by atoms with Gasteiger partial charge in [-0.3, -0.25) is 0 Å². The maximum Gasteiger partial charge on any atom is 0.0589 e. The Morgan fingerprint density at radius 1 is 1.00 bits per heavy atom. The second-order valence-electron chi connectivity index (χ2n) is 4.80. The van der Waals surface area contributed by atoms with E-state index >= 15 is 0 Å². The molecule has 1 atom stereocenters. The third-order valence-electron chi connectivity index (χ3n) is 3.58. The summed E-state index contributed by atoms with van der Waals surface area (Å²) in [4.78, 5) is 0. The maximum absolute atomic E-state index is 3.62. The summed E-state index contributed by atoms with van der Waals surface area (Å²) in [5.74, 6) is 0. The third kappa shape index (κ3) is 3.18. The molecule has 0 saturated heterocycles. The van der Waals surface area contributed by atoms with Crippen molar-refractivity contribution in [2.75, 3.05) is 6.54 Å². The quantitative estimate of drug-likeness (QED) is 0.781. The van der Waals surface area contributed by atoms with Crippen LogP contribution in [0.4, 0.5) is 0 Å². The van der Waals surface area contributed by atoms with Gasteiger partial charge in [-0.05, 0) is 71.3 Å². The van der Waals surface area contributed by atoms with Crippen molar-refractivity contribution in [3.05, 3.63) is 68.3 Å². The topological polar surface area (TPSA) is 12.0 Å². The summed E-state index contributed by atoms with van der Waals surface area (Å²) in [5, 5.41) is 3.62. The van der Waals surface area contributed by atoms with Crippen LogP contribution in [0.2, 0.25) is 0 Å². The van der Waals surface area contributed by atoms with E-state index in [9.17, 15) is 0 Å². The van der Waals surface area contributed by atoms with Crippen molar-refractivity contribution in [2.45, 2.75) is 26.8 Å². The van der Waals surface area contributed by atoms with Gasteiger partial charge >= 0.3 is 0 Å². The van der Waals surface area contributed by atoms with Crippen molar-refractivity contribution < 1.29 is 0 Å². The van der Waals surface area contributed by atoms with Crippen LogP contribution in [0, 0.1) is 17.4 Å². The summed E-state index contributed by atoms with van der Waals surface area (Å²) in [7, 11) is 0. The molecule has 0 aromatic heterocycles. The lowest BCUT2D eigenvalue weighted by Crippen LogP contribution is -2.23. The number of hydrogen-bond donors (Lipinski definition) is 1. The van der Waals surface area contributed by atoms with Crippen LogP contribution in [-0.4, -0.2) is 6.54 Å². The van der Waals surface area contributed by atoms with E-state index in [-0.39, 0.29) is 6.04 Å². The Morgan fingerprint density at radius 2 is 1.68 bits per heavy atom. The van der Waals surface area contributed by atoms with Gasteiger partial charge < -0.3 is 5.32 Å². The highest BCUT2D eigenvalue weighted by atomic mass is 127. The molecule has 2 aromatic rings. The van der Waals surface area contributed by atoms with Crippen LogP contribution < -0.4 is 5.32 Å². The minimum atomic E-state index is 0.276. The predicted molar refractivity (Wildman–Crippen MR) is 90.6 cm³/mol. The molecule has 0 saturated carbocycles. The standard InChI is InChI=1S/C17H20IN/c1-4-19-17(15-9-5-6-11-16(15)18)14-10-7-8-12(2)13(14)3/h5-11,17,19H,4H2,1-3H3. The van der Waals surface area contributed by atoms with Crippen LogP contribution in [-0.2, 0) is 0 Å². The van der Waals surface area contributed by atoms with Gasteiger partial charge in [0.15, 0.2) is 0 Å². The van der Waals surface area contributed by atoms with Gasteiger partial charge in [0.2, 0.25) is 0 Å². The van der Waals surface area contributed by atoms with E-state index in [2.05, 4.69) is 91.1 Å². The van der Waals surface area contributed by atoms with Crippen molar-refractivity contribution in [2.24, 2.45) is 0 Å². The first-order valence-corrected chi connectivity index (χ1v) is 7.77. The second kappa shape index (κ2) is 6.53. The molecule has 1 unspecified atom stereocenters. The Labute approximate surface area is 129 Å². The highest BCUT2D eigenvalue weighted by Crippen LogP contribution is 2.29. The highest BCUT2D eigenvalue weighted by molar-refractivity contribution is 14.1. The van der Waals surface area contributed by atoms with Gasteiger partial charge in [0.25, 0.3) is 0 Å². The summed E-state index contributed by atoms with van der Waals surface area (Å²) in [6, 6.07) is 15.4. The van der Waals surface area contributed by atoms with Crippen LogP contribution in [0.15, 0.2) is 42.5 Å². The Balaban J connectivity index is 2.52. The fourth-order valence-corrected chi connectivity index (χ4v) is 3.09. The number of hydrogen-bond acceptors (Lipinski definition) is 1. The molecule has 0 aliphatic carbocycles. The van der Waals surface area contributed by atoms with Crippen molar-refractivity contribution in [1.82, 2.24) is 5.32 Å². The first-order valence-electron chi connectivity index (χ1n) is 6.69. The molecule has 0 radical (unpaired) electrons. The SMILES string of the molecule is CCNC(c1ccccc1I)c1cccc(C)c1C. The van der Waals surface area contributed by atoms with E-state index in [0.29, 0.717) is 0 Å². The molecule has 0 amide bonds. The van der Waals surface area contributed by atoms with Crippen molar-refractivity contribution in [1.29, 1.82) is 0 Å². The van der Waals surface area contributed by atoms with E-state index in [1.54, 1.807) is 0 Å². The maximum atomic E-state index is 3.62. The second-order valence-corrected chi connectivity index (χ2v) is 5.96. The molecule has 0 aliphatic rings. The number of halogens is 1. The summed E-state index contributed by atoms with van der Waals surface area (Å²) in [6.45, 7) is 7.51. The molecule has 2 rings (SSSR count). The molecule has 0 fully saturated rings. The third-order valence-corrected chi connectivity index (χ3v) is 4.56. The average molecular weight is 365 g/mol. The van der Waals surface area contributed by atoms with Gasteiger partial charge in [-0.1, -0.05) is 43.3 Å². The largest absolute Gasteiger partial charge is 0.306 e. The molecule has 100 valence electrons. The summed E-state index contributed by atoms with van der Waals surface area (Å²) in [5.41, 5.74) is 5.48. The van der Waals surface area contributed by atoms with Crippen molar-refractivity contribution in [3.63, 3.8) is 0 Å². The summed E-state index contributed by atoms with van der Waals surface area (Å²) in [6.07, 6.45) is 0. The normalized spacial score (nSPS) is 12.4. The van der Waals surface area contributed by atoms with Crippen LogP contribution in [0.1, 0.15) is 35.2 Å². The van der Waals surface area contributed by atoms with Gasteiger partial charge in [-0.15, -0.1) is 0 Å². The van der Waals surface area contributed by atoms with Gasteiger partial charge in [0.05, 0.1) is 6.04 Å². The molecule has 0 heterocycles. The molecule has 19 heavy (non-hydrogen) atoms. The molecule has 0 spiro atoms. The van der Waals surface area contributed by atoms with E-state index in [4.69, 9.17) is 0 Å². The van der Waals surface area contributed by atoms with Crippen LogP contribution >= 0.6 is 22.6 Å². The number of nitrogens with one attached hydrogen (secondary N) is 1. The summed E-state index contributed by atoms with van der Waals surface area (Å²) >= 11 is 2.42. The van der Waals surface area contributed by atoms with Crippen LogP contribution in [0.5, 0.6) is 0 Å². The zero-order valence-corrected chi connectivity index (χ0v) is 13.9. The zero-order valence-electron chi connectivity index (χ0n) is 11.7. The number of rotatable bonds is 4. The minimum Gasteiger partial charge on any atom is -0.306 e. The fraction of sp³-hybridized carbons (Fsp3) is 0.294. The summed E-state index contributed by atoms with van der Waals surface area (Å²) < 4.78 is 1.31. The minimum absolute atomic E-state index is 0.276. The van der Waals surface area contributed by atoms with E-state index in [1.165, 1.54) is 25.8 Å². The molecular formula is C17H20IN. The Hall–Kier alpha value is -0.870. The zero-order chi connectivity index (χ0) is 13.8. The van der Waals surface area contributed by atoms with Crippen LogP contribution in [0.25, 0.3) is 0 Å². The van der Waals surface area contributed by atoms with Gasteiger partial charge in [0, 0.05) is 3.57 Å². The van der Waals surface area contributed by atoms with E-state index in [1.807, 2.05) is 0 Å². The smallest absolute Gasteiger partial charge is 0.0589 e. The number of benzene rings is 2. The number of aryl methyl sites for hydroxylation is 1. The molecule has 0 aliphatic heterocycles. The first kappa shape index (κ1) is 14.5. The predicted octanol–water partition coefficient (Wildman–Crippen LogP) is 4.61. The first-order chi connectivity index (χ1) is 9.15. The Bertz CT molecular complexity index is 563. The van der Waals surface area contributed by atoms with Crippen LogP contribution in [0.3, 0.4) is 0 Å². The fourth-order valence-electron chi connectivity index (χ4n) is 2.39. The lowest BCUT2D eigenvalue weighted by Gasteiger charge is -2.23. The highest BCUT2D eigenvalue weighted by Gasteiger charge is 2.17. The van der Waals surface area contributed by atoms with Crippen molar-refractivity contribution in [3.8, 4) is 0 Å². The Kier molecular flexibility index (Phi) is 4.99. The lowest BCUT2D eigenvalue weighted by atomic mass is 9.92. The Morgan fingerprint density at radius 3 is 2.37 bits per heavy atom. The molecule has 1 nitrogen and oxygen atoms in total. The average Bonchev–Trinajstić information content (AvgIpc) is 2.41. The van der Waals surface area contributed by atoms with E-state index in [0.717, 1.165) is 6.54 Å². The van der Waals surface area contributed by atoms with E-state index < -0.39 is 0 Å². The monoisotopic (exact) mass is 365 g/mol. The van der Waals surface area contributed by atoms with Gasteiger partial charge in [0.1, 0.15) is 0 Å². The molecule has 1 N–H and O–H groups in total. The van der Waals surface area contributed by atoms with Gasteiger partial charge in [-0.2, -0.15) is 0 Å². The molecular weight excluding hydrogens is 345 g/mol. The molecule has 2 aromatic carbocycles. The lowest BCUT2D eigenvalue weighted by molar-refractivity contribution is 0.625. The van der Waals surface area contributed by atoms with Gasteiger partial charge in [-0.25, -0.2) is 0 Å². The van der Waals surface area contributed by atoms with Crippen molar-refractivity contribution >= 4 is 22.6 Å². The molecule has 2 heteroatoms.